The molecule has 31 heavy (non-hydrogen) atoms. The van der Waals surface area contributed by atoms with Crippen LogP contribution >= 0.6 is 0 Å². The Labute approximate surface area is 182 Å². The van der Waals surface area contributed by atoms with Crippen molar-refractivity contribution in [2.45, 2.75) is 26.3 Å². The third-order valence-electron chi connectivity index (χ3n) is 5.72. The first-order chi connectivity index (χ1) is 14.7. The number of rotatable bonds is 7. The minimum absolute atomic E-state index is 0.0965. The standard InChI is InChI=1S/C23H30N4O4/c1-14-18(15(2)26(5)24-14)21(28)19-20(16-8-10-17(31-6)11-9-16)27(23(30)22(19)29)13-7-12-25(3)4/h8-11,20,28H,7,12-13H2,1-6H3/b21-19+/t20-/m0/s1. The second-order valence-corrected chi connectivity index (χ2v) is 8.09. The van der Waals surface area contributed by atoms with Gasteiger partial charge in [0.25, 0.3) is 11.7 Å². The van der Waals surface area contributed by atoms with Crippen molar-refractivity contribution in [1.29, 1.82) is 0 Å². The molecule has 2 heterocycles. The first-order valence-electron chi connectivity index (χ1n) is 10.2. The number of amides is 1. The molecule has 8 heteroatoms. The number of carbonyl (C=O) groups is 2. The molecule has 1 atom stereocenters. The van der Waals surface area contributed by atoms with Crippen molar-refractivity contribution in [3.8, 4) is 5.75 Å². The first-order valence-corrected chi connectivity index (χ1v) is 10.2. The van der Waals surface area contributed by atoms with E-state index in [0.717, 1.165) is 17.8 Å². The van der Waals surface area contributed by atoms with Crippen molar-refractivity contribution in [2.75, 3.05) is 34.3 Å². The van der Waals surface area contributed by atoms with Gasteiger partial charge in [-0.15, -0.1) is 0 Å². The fraction of sp³-hybridized carbons (Fsp3) is 0.435. The van der Waals surface area contributed by atoms with Crippen LogP contribution in [-0.4, -0.2) is 70.7 Å². The van der Waals surface area contributed by atoms with Gasteiger partial charge >= 0.3 is 0 Å². The Morgan fingerprint density at radius 1 is 1.19 bits per heavy atom. The molecule has 3 rings (SSSR count). The van der Waals surface area contributed by atoms with E-state index < -0.39 is 17.7 Å². The number of nitrogens with zero attached hydrogens (tertiary/aromatic N) is 4. The number of Topliss-reactive ketones (excluding diaryl/α,β-unsaturated/α-hetero) is 1. The number of aryl methyl sites for hydroxylation is 2. The van der Waals surface area contributed by atoms with Gasteiger partial charge in [-0.1, -0.05) is 12.1 Å². The predicted molar refractivity (Wildman–Crippen MR) is 118 cm³/mol. The van der Waals surface area contributed by atoms with E-state index in [9.17, 15) is 14.7 Å². The fourth-order valence-electron chi connectivity index (χ4n) is 4.05. The van der Waals surface area contributed by atoms with Crippen molar-refractivity contribution in [2.24, 2.45) is 7.05 Å². The van der Waals surface area contributed by atoms with E-state index in [-0.39, 0.29) is 11.3 Å². The van der Waals surface area contributed by atoms with Crippen LogP contribution in [0.1, 0.15) is 35.0 Å². The topological polar surface area (TPSA) is 87.9 Å². The molecule has 1 aliphatic rings. The van der Waals surface area contributed by atoms with Gasteiger partial charge in [-0.2, -0.15) is 5.10 Å². The molecule has 0 unspecified atom stereocenters. The summed E-state index contributed by atoms with van der Waals surface area (Å²) in [6.45, 7) is 4.78. The number of methoxy groups -OCH3 is 1. The highest BCUT2D eigenvalue weighted by Crippen LogP contribution is 2.40. The lowest BCUT2D eigenvalue weighted by atomic mass is 9.94. The average Bonchev–Trinajstić information content (AvgIpc) is 3.13. The quantitative estimate of drug-likeness (QED) is 0.416. The second kappa shape index (κ2) is 8.93. The zero-order valence-corrected chi connectivity index (χ0v) is 19.0. The van der Waals surface area contributed by atoms with Gasteiger partial charge in [0.05, 0.1) is 30.0 Å². The van der Waals surface area contributed by atoms with Gasteiger partial charge in [-0.25, -0.2) is 0 Å². The number of aliphatic hydroxyl groups excluding tert-OH is 1. The maximum atomic E-state index is 13.1. The van der Waals surface area contributed by atoms with Crippen molar-refractivity contribution in [1.82, 2.24) is 19.6 Å². The Hall–Kier alpha value is -3.13. The number of ether oxygens (including phenoxy) is 1. The number of benzene rings is 1. The Morgan fingerprint density at radius 2 is 1.84 bits per heavy atom. The van der Waals surface area contributed by atoms with Gasteiger partial charge in [-0.3, -0.25) is 14.3 Å². The molecule has 8 nitrogen and oxygen atoms in total. The molecule has 1 aromatic heterocycles. The number of aliphatic hydroxyl groups is 1. The molecule has 1 aliphatic heterocycles. The Balaban J connectivity index is 2.14. The minimum Gasteiger partial charge on any atom is -0.507 e. The largest absolute Gasteiger partial charge is 0.507 e. The number of aromatic nitrogens is 2. The van der Waals surface area contributed by atoms with Crippen LogP contribution in [0.3, 0.4) is 0 Å². The Kier molecular flexibility index (Phi) is 6.50. The molecule has 0 radical (unpaired) electrons. The summed E-state index contributed by atoms with van der Waals surface area (Å²) < 4.78 is 6.90. The van der Waals surface area contributed by atoms with Crippen LogP contribution in [0, 0.1) is 13.8 Å². The van der Waals surface area contributed by atoms with E-state index >= 15 is 0 Å². The summed E-state index contributed by atoms with van der Waals surface area (Å²) in [4.78, 5) is 29.7. The lowest BCUT2D eigenvalue weighted by Gasteiger charge is -2.26. The summed E-state index contributed by atoms with van der Waals surface area (Å²) >= 11 is 0. The molecule has 1 aromatic carbocycles. The van der Waals surface area contributed by atoms with Crippen LogP contribution in [0.4, 0.5) is 0 Å². The number of hydrogen-bond donors (Lipinski definition) is 1. The van der Waals surface area contributed by atoms with Crippen LogP contribution < -0.4 is 4.74 Å². The minimum atomic E-state index is -0.675. The van der Waals surface area contributed by atoms with Crippen LogP contribution in [0.2, 0.25) is 0 Å². The summed E-state index contributed by atoms with van der Waals surface area (Å²) in [6, 6.07) is 6.55. The summed E-state index contributed by atoms with van der Waals surface area (Å²) in [7, 11) is 7.28. The SMILES string of the molecule is COc1ccc([C@H]2/C(=C(\O)c3c(C)nn(C)c3C)C(=O)C(=O)N2CCCN(C)C)cc1. The normalized spacial score (nSPS) is 18.3. The van der Waals surface area contributed by atoms with Gasteiger partial charge in [0.2, 0.25) is 0 Å². The monoisotopic (exact) mass is 426 g/mol. The van der Waals surface area contributed by atoms with E-state index in [4.69, 9.17) is 4.74 Å². The summed E-state index contributed by atoms with van der Waals surface area (Å²) in [6.07, 6.45) is 0.706. The first kappa shape index (κ1) is 22.6. The molecule has 1 amide bonds. The number of likely N-dealkylation sites (tertiary alicyclic amines) is 1. The van der Waals surface area contributed by atoms with Crippen molar-refractivity contribution in [3.63, 3.8) is 0 Å². The van der Waals surface area contributed by atoms with E-state index in [1.54, 1.807) is 42.8 Å². The van der Waals surface area contributed by atoms with E-state index in [2.05, 4.69) is 5.10 Å². The summed E-state index contributed by atoms with van der Waals surface area (Å²) in [5.74, 6) is -0.782. The van der Waals surface area contributed by atoms with E-state index in [1.807, 2.05) is 38.1 Å². The molecule has 166 valence electrons. The molecule has 0 aliphatic carbocycles. The molecule has 0 spiro atoms. The van der Waals surface area contributed by atoms with Crippen LogP contribution in [0.5, 0.6) is 5.75 Å². The smallest absolute Gasteiger partial charge is 0.295 e. The molecule has 0 saturated carbocycles. The number of carbonyl (C=O) groups excluding carboxylic acids is 2. The van der Waals surface area contributed by atoms with Crippen molar-refractivity contribution >= 4 is 17.4 Å². The highest BCUT2D eigenvalue weighted by atomic mass is 16.5. The maximum Gasteiger partial charge on any atom is 0.295 e. The van der Waals surface area contributed by atoms with E-state index in [1.165, 1.54) is 0 Å². The second-order valence-electron chi connectivity index (χ2n) is 8.09. The zero-order chi connectivity index (χ0) is 22.9. The van der Waals surface area contributed by atoms with Crippen molar-refractivity contribution in [3.05, 3.63) is 52.4 Å². The molecule has 1 fully saturated rings. The third-order valence-corrected chi connectivity index (χ3v) is 5.72. The molecule has 1 N–H and O–H groups in total. The molecule has 1 saturated heterocycles. The molecule has 2 aromatic rings. The average molecular weight is 427 g/mol. The predicted octanol–water partition coefficient (Wildman–Crippen LogP) is 2.42. The summed E-state index contributed by atoms with van der Waals surface area (Å²) in [5.41, 5.74) is 2.66. The van der Waals surface area contributed by atoms with Gasteiger partial charge < -0.3 is 19.6 Å². The van der Waals surface area contributed by atoms with Gasteiger partial charge in [0.15, 0.2) is 0 Å². The van der Waals surface area contributed by atoms with Crippen molar-refractivity contribution < 1.29 is 19.4 Å². The lowest BCUT2D eigenvalue weighted by Crippen LogP contribution is -2.32. The Bertz CT molecular complexity index is 1020. The zero-order valence-electron chi connectivity index (χ0n) is 19.0. The highest BCUT2D eigenvalue weighted by molar-refractivity contribution is 6.46. The van der Waals surface area contributed by atoms with E-state index in [0.29, 0.717) is 30.0 Å². The number of ketones is 1. The number of hydrogen-bond acceptors (Lipinski definition) is 6. The van der Waals surface area contributed by atoms with Crippen LogP contribution in [0.15, 0.2) is 29.8 Å². The molecular weight excluding hydrogens is 396 g/mol. The van der Waals surface area contributed by atoms with Gasteiger partial charge in [-0.05, 0) is 58.6 Å². The molecule has 0 bridgehead atoms. The fourth-order valence-corrected chi connectivity index (χ4v) is 4.05. The summed E-state index contributed by atoms with van der Waals surface area (Å²) in [5, 5.41) is 15.6. The van der Waals surface area contributed by atoms with Gasteiger partial charge in [0, 0.05) is 19.3 Å². The van der Waals surface area contributed by atoms with Crippen LogP contribution in [-0.2, 0) is 16.6 Å². The maximum absolute atomic E-state index is 13.1. The lowest BCUT2D eigenvalue weighted by molar-refractivity contribution is -0.139. The molecular formula is C23H30N4O4. The highest BCUT2D eigenvalue weighted by Gasteiger charge is 2.46. The van der Waals surface area contributed by atoms with Crippen LogP contribution in [0.25, 0.3) is 5.76 Å². The third kappa shape index (κ3) is 4.20. The van der Waals surface area contributed by atoms with Gasteiger partial charge in [0.1, 0.15) is 11.5 Å². The Morgan fingerprint density at radius 3 is 2.35 bits per heavy atom.